The molecule has 0 aliphatic carbocycles. The first-order valence-electron chi connectivity index (χ1n) is 8.60. The van der Waals surface area contributed by atoms with Crippen LogP contribution in [0.1, 0.15) is 19.2 Å². The summed E-state index contributed by atoms with van der Waals surface area (Å²) in [6.45, 7) is 3.95. The Labute approximate surface area is 148 Å². The standard InChI is InChI=1S/C19H25N3O3/c1-4-11-25-19-10-9-18-20-17(14-22(18)21(19)2)15-5-7-16(8-6-15)24-13-12-23-3/h5-8,10,14H,4,9,11-13H2,1-3H3. The molecule has 25 heavy (non-hydrogen) atoms. The van der Waals surface area contributed by atoms with Gasteiger partial charge >= 0.3 is 0 Å². The second kappa shape index (κ2) is 8.07. The summed E-state index contributed by atoms with van der Waals surface area (Å²) in [6, 6.07) is 7.97. The van der Waals surface area contributed by atoms with Crippen molar-refractivity contribution in [2.45, 2.75) is 19.8 Å². The van der Waals surface area contributed by atoms with Crippen molar-refractivity contribution < 1.29 is 14.2 Å². The van der Waals surface area contributed by atoms with E-state index in [0.717, 1.165) is 48.2 Å². The van der Waals surface area contributed by atoms with Crippen LogP contribution in [0.25, 0.3) is 11.3 Å². The zero-order chi connectivity index (χ0) is 17.6. The largest absolute Gasteiger partial charge is 0.491 e. The van der Waals surface area contributed by atoms with Crippen LogP contribution in [-0.2, 0) is 15.9 Å². The Kier molecular flexibility index (Phi) is 5.60. The maximum atomic E-state index is 5.79. The van der Waals surface area contributed by atoms with E-state index in [2.05, 4.69) is 13.0 Å². The zero-order valence-corrected chi connectivity index (χ0v) is 15.1. The number of aromatic nitrogens is 2. The molecule has 0 bridgehead atoms. The van der Waals surface area contributed by atoms with E-state index >= 15 is 0 Å². The number of methoxy groups -OCH3 is 1. The molecule has 134 valence electrons. The Morgan fingerprint density at radius 3 is 2.60 bits per heavy atom. The second-order valence-electron chi connectivity index (χ2n) is 5.87. The fourth-order valence-electron chi connectivity index (χ4n) is 2.69. The van der Waals surface area contributed by atoms with Gasteiger partial charge in [0.05, 0.1) is 25.1 Å². The SMILES string of the molecule is CCCOC1=CCc2nc(-c3ccc(OCCOC)cc3)cn2N1C. The molecule has 0 amide bonds. The summed E-state index contributed by atoms with van der Waals surface area (Å²) in [6.07, 6.45) is 5.88. The van der Waals surface area contributed by atoms with Crippen LogP contribution in [0.4, 0.5) is 0 Å². The van der Waals surface area contributed by atoms with Crippen LogP contribution in [0.3, 0.4) is 0 Å². The van der Waals surface area contributed by atoms with E-state index in [1.54, 1.807) is 7.11 Å². The van der Waals surface area contributed by atoms with Crippen LogP contribution < -0.4 is 9.75 Å². The highest BCUT2D eigenvalue weighted by molar-refractivity contribution is 5.60. The van der Waals surface area contributed by atoms with Crippen LogP contribution >= 0.6 is 0 Å². The number of rotatable bonds is 8. The molecule has 0 spiro atoms. The smallest absolute Gasteiger partial charge is 0.204 e. The first-order valence-corrected chi connectivity index (χ1v) is 8.60. The van der Waals surface area contributed by atoms with Crippen molar-refractivity contribution in [2.75, 3.05) is 39.0 Å². The predicted molar refractivity (Wildman–Crippen MR) is 97.2 cm³/mol. The Morgan fingerprint density at radius 2 is 1.88 bits per heavy atom. The number of allylic oxidation sites excluding steroid dienone is 1. The van der Waals surface area contributed by atoms with E-state index in [9.17, 15) is 0 Å². The van der Waals surface area contributed by atoms with Crippen molar-refractivity contribution >= 4 is 0 Å². The average Bonchev–Trinajstić information content (AvgIpc) is 3.07. The van der Waals surface area contributed by atoms with Gasteiger partial charge in [0.25, 0.3) is 0 Å². The van der Waals surface area contributed by atoms with Crippen LogP contribution in [0.5, 0.6) is 5.75 Å². The Balaban J connectivity index is 1.71. The van der Waals surface area contributed by atoms with E-state index < -0.39 is 0 Å². The van der Waals surface area contributed by atoms with Crippen molar-refractivity contribution in [3.8, 4) is 17.0 Å². The number of hydrogen-bond donors (Lipinski definition) is 0. The molecular formula is C19H25N3O3. The summed E-state index contributed by atoms with van der Waals surface area (Å²) in [5.74, 6) is 2.71. The maximum absolute atomic E-state index is 5.79. The van der Waals surface area contributed by atoms with E-state index in [0.29, 0.717) is 13.2 Å². The number of benzene rings is 1. The van der Waals surface area contributed by atoms with Gasteiger partial charge in [-0.05, 0) is 36.8 Å². The molecule has 3 rings (SSSR count). The lowest BCUT2D eigenvalue weighted by Crippen LogP contribution is -2.34. The second-order valence-corrected chi connectivity index (χ2v) is 5.87. The minimum atomic E-state index is 0.547. The summed E-state index contributed by atoms with van der Waals surface area (Å²) in [5, 5.41) is 1.99. The van der Waals surface area contributed by atoms with Crippen molar-refractivity contribution in [1.29, 1.82) is 0 Å². The van der Waals surface area contributed by atoms with Gasteiger partial charge in [-0.3, -0.25) is 5.01 Å². The third-order valence-corrected chi connectivity index (χ3v) is 4.02. The molecule has 0 saturated carbocycles. The van der Waals surface area contributed by atoms with Gasteiger partial charge in [-0.1, -0.05) is 6.92 Å². The van der Waals surface area contributed by atoms with Gasteiger partial charge in [0.15, 0.2) is 0 Å². The summed E-state index contributed by atoms with van der Waals surface area (Å²) >= 11 is 0. The molecule has 1 aliphatic rings. The molecule has 0 radical (unpaired) electrons. The van der Waals surface area contributed by atoms with Gasteiger partial charge < -0.3 is 14.2 Å². The highest BCUT2D eigenvalue weighted by Gasteiger charge is 2.19. The minimum Gasteiger partial charge on any atom is -0.491 e. The average molecular weight is 343 g/mol. The summed E-state index contributed by atoms with van der Waals surface area (Å²) in [5.41, 5.74) is 2.00. The number of fused-ring (bicyclic) bond motifs is 1. The van der Waals surface area contributed by atoms with Crippen LogP contribution in [0, 0.1) is 0 Å². The van der Waals surface area contributed by atoms with Gasteiger partial charge in [0, 0.05) is 26.1 Å². The predicted octanol–water partition coefficient (Wildman–Crippen LogP) is 2.97. The van der Waals surface area contributed by atoms with E-state index in [-0.39, 0.29) is 0 Å². The van der Waals surface area contributed by atoms with Gasteiger partial charge in [0.1, 0.15) is 18.2 Å². The first kappa shape index (κ1) is 17.4. The molecule has 0 fully saturated rings. The molecule has 0 saturated heterocycles. The molecule has 1 aromatic carbocycles. The van der Waals surface area contributed by atoms with Crippen molar-refractivity contribution in [2.24, 2.45) is 0 Å². The first-order chi connectivity index (χ1) is 12.2. The molecule has 2 aromatic rings. The molecule has 2 heterocycles. The van der Waals surface area contributed by atoms with Crippen LogP contribution in [-0.4, -0.2) is 43.6 Å². The third kappa shape index (κ3) is 3.96. The lowest BCUT2D eigenvalue weighted by molar-refractivity contribution is 0.146. The molecule has 6 heteroatoms. The quantitative estimate of drug-likeness (QED) is 0.690. The number of nitrogens with zero attached hydrogens (tertiary/aromatic N) is 3. The number of ether oxygens (including phenoxy) is 3. The molecule has 1 aromatic heterocycles. The molecule has 6 nitrogen and oxygen atoms in total. The van der Waals surface area contributed by atoms with Gasteiger partial charge in [-0.2, -0.15) is 0 Å². The third-order valence-electron chi connectivity index (χ3n) is 4.02. The van der Waals surface area contributed by atoms with Crippen LogP contribution in [0.15, 0.2) is 42.4 Å². The molecule has 0 atom stereocenters. The number of hydrogen-bond acceptors (Lipinski definition) is 5. The normalized spacial score (nSPS) is 13.4. The van der Waals surface area contributed by atoms with Gasteiger partial charge in [-0.15, -0.1) is 0 Å². The Hall–Kier alpha value is -2.47. The highest BCUT2D eigenvalue weighted by atomic mass is 16.5. The van der Waals surface area contributed by atoms with Crippen molar-refractivity contribution in [3.63, 3.8) is 0 Å². The van der Waals surface area contributed by atoms with Crippen molar-refractivity contribution in [3.05, 3.63) is 48.2 Å². The molecule has 0 N–H and O–H groups in total. The summed E-state index contributed by atoms with van der Waals surface area (Å²) in [4.78, 5) is 4.75. The Bertz CT molecular complexity index is 722. The summed E-state index contributed by atoms with van der Waals surface area (Å²) in [7, 11) is 3.65. The van der Waals surface area contributed by atoms with Crippen molar-refractivity contribution in [1.82, 2.24) is 9.66 Å². The lowest BCUT2D eigenvalue weighted by Gasteiger charge is -2.27. The van der Waals surface area contributed by atoms with Crippen LogP contribution in [0.2, 0.25) is 0 Å². The number of imidazole rings is 1. The maximum Gasteiger partial charge on any atom is 0.204 e. The lowest BCUT2D eigenvalue weighted by atomic mass is 10.2. The fraction of sp³-hybridized carbons (Fsp3) is 0.421. The fourth-order valence-corrected chi connectivity index (χ4v) is 2.69. The summed E-state index contributed by atoms with van der Waals surface area (Å²) < 4.78 is 18.4. The zero-order valence-electron chi connectivity index (χ0n) is 15.1. The van der Waals surface area contributed by atoms with Gasteiger partial charge in [0.2, 0.25) is 5.88 Å². The van der Waals surface area contributed by atoms with Gasteiger partial charge in [-0.25, -0.2) is 9.66 Å². The van der Waals surface area contributed by atoms with E-state index in [1.807, 2.05) is 47.2 Å². The molecular weight excluding hydrogens is 318 g/mol. The Morgan fingerprint density at radius 1 is 1.08 bits per heavy atom. The van der Waals surface area contributed by atoms with E-state index in [4.69, 9.17) is 19.2 Å². The molecule has 0 unspecified atom stereocenters. The van der Waals surface area contributed by atoms with E-state index in [1.165, 1.54) is 0 Å². The highest BCUT2D eigenvalue weighted by Crippen LogP contribution is 2.25. The minimum absolute atomic E-state index is 0.547. The molecule has 1 aliphatic heterocycles. The topological polar surface area (TPSA) is 48.8 Å². The monoisotopic (exact) mass is 343 g/mol.